The molecular formula is C30H35Cl2N3O4S. The number of anilines is 1. The van der Waals surface area contributed by atoms with E-state index in [-0.39, 0.29) is 29.1 Å². The summed E-state index contributed by atoms with van der Waals surface area (Å²) in [5, 5.41) is 3.67. The third kappa shape index (κ3) is 7.99. The zero-order valence-corrected chi connectivity index (χ0v) is 25.4. The number of benzene rings is 3. The van der Waals surface area contributed by atoms with Gasteiger partial charge in [0.2, 0.25) is 11.8 Å². The van der Waals surface area contributed by atoms with Crippen molar-refractivity contribution in [1.29, 1.82) is 0 Å². The Hall–Kier alpha value is -3.07. The second-order valence-electron chi connectivity index (χ2n) is 9.70. The summed E-state index contributed by atoms with van der Waals surface area (Å²) in [4.78, 5) is 28.8. The molecule has 1 N–H and O–H groups in total. The van der Waals surface area contributed by atoms with Crippen LogP contribution in [0.4, 0.5) is 5.69 Å². The number of sulfonamides is 1. The molecule has 3 aromatic rings. The van der Waals surface area contributed by atoms with E-state index < -0.39 is 28.5 Å². The summed E-state index contributed by atoms with van der Waals surface area (Å²) < 4.78 is 28.7. The van der Waals surface area contributed by atoms with Crippen LogP contribution in [0.25, 0.3) is 0 Å². The Morgan fingerprint density at radius 3 is 2.17 bits per heavy atom. The van der Waals surface area contributed by atoms with Crippen molar-refractivity contribution in [2.24, 2.45) is 0 Å². The summed E-state index contributed by atoms with van der Waals surface area (Å²) in [5.41, 5.74) is 2.06. The topological polar surface area (TPSA) is 86.8 Å². The van der Waals surface area contributed by atoms with Crippen LogP contribution >= 0.6 is 23.2 Å². The van der Waals surface area contributed by atoms with Gasteiger partial charge < -0.3 is 10.2 Å². The standard InChI is InChI=1S/C30H35Cl2N3O4S/c1-5-22(4)33-30(37)28(6-2)34(19-23-10-7-9-21(3)17-23)29(36)20-35(26-12-8-11-25(32)18-26)40(38,39)27-15-13-24(31)14-16-27/h7-18,22,28H,5-6,19-20H2,1-4H3,(H,33,37)/t22-,28+/m1/s1. The quantitative estimate of drug-likeness (QED) is 0.266. The van der Waals surface area contributed by atoms with E-state index in [0.29, 0.717) is 16.5 Å². The summed E-state index contributed by atoms with van der Waals surface area (Å²) in [6.07, 6.45) is 1.08. The molecule has 0 bridgehead atoms. The van der Waals surface area contributed by atoms with Gasteiger partial charge in [-0.2, -0.15) is 0 Å². The summed E-state index contributed by atoms with van der Waals surface area (Å²) in [6.45, 7) is 7.24. The highest BCUT2D eigenvalue weighted by Crippen LogP contribution is 2.27. The lowest BCUT2D eigenvalue weighted by atomic mass is 10.1. The highest BCUT2D eigenvalue weighted by Gasteiger charge is 2.34. The Morgan fingerprint density at radius 2 is 1.57 bits per heavy atom. The number of carbonyl (C=O) groups excluding carboxylic acids is 2. The number of hydrogen-bond acceptors (Lipinski definition) is 4. The number of amides is 2. The fourth-order valence-electron chi connectivity index (χ4n) is 4.26. The molecule has 7 nitrogen and oxygen atoms in total. The Labute approximate surface area is 247 Å². The minimum absolute atomic E-state index is 0.0311. The van der Waals surface area contributed by atoms with E-state index in [0.717, 1.165) is 21.9 Å². The van der Waals surface area contributed by atoms with Crippen molar-refractivity contribution in [3.8, 4) is 0 Å². The van der Waals surface area contributed by atoms with Gasteiger partial charge in [0.1, 0.15) is 12.6 Å². The molecule has 3 aromatic carbocycles. The fourth-order valence-corrected chi connectivity index (χ4v) is 5.98. The average molecular weight is 605 g/mol. The van der Waals surface area contributed by atoms with E-state index >= 15 is 0 Å². The number of nitrogens with zero attached hydrogens (tertiary/aromatic N) is 2. The lowest BCUT2D eigenvalue weighted by molar-refractivity contribution is -0.140. The molecule has 0 radical (unpaired) electrons. The largest absolute Gasteiger partial charge is 0.352 e. The molecule has 0 fully saturated rings. The van der Waals surface area contributed by atoms with Crippen LogP contribution in [0, 0.1) is 6.92 Å². The first-order valence-corrected chi connectivity index (χ1v) is 15.3. The van der Waals surface area contributed by atoms with Gasteiger partial charge in [-0.1, -0.05) is 72.9 Å². The van der Waals surface area contributed by atoms with Crippen LogP contribution in [0.5, 0.6) is 0 Å². The van der Waals surface area contributed by atoms with Crippen LogP contribution in [0.2, 0.25) is 10.0 Å². The molecule has 0 heterocycles. The first-order valence-electron chi connectivity index (χ1n) is 13.2. The summed E-state index contributed by atoms with van der Waals surface area (Å²) in [6, 6.07) is 18.8. The van der Waals surface area contributed by atoms with Gasteiger partial charge in [0.05, 0.1) is 10.6 Å². The Balaban J connectivity index is 2.06. The summed E-state index contributed by atoms with van der Waals surface area (Å²) >= 11 is 12.2. The number of carbonyl (C=O) groups is 2. The van der Waals surface area contributed by atoms with Crippen LogP contribution in [0.3, 0.4) is 0 Å². The lowest BCUT2D eigenvalue weighted by Crippen LogP contribution is -2.53. The zero-order chi connectivity index (χ0) is 29.4. The van der Waals surface area contributed by atoms with Crippen molar-refractivity contribution in [3.63, 3.8) is 0 Å². The van der Waals surface area contributed by atoms with Crippen LogP contribution in [0.1, 0.15) is 44.7 Å². The average Bonchev–Trinajstić information content (AvgIpc) is 2.91. The summed E-state index contributed by atoms with van der Waals surface area (Å²) in [5.74, 6) is -0.808. The van der Waals surface area contributed by atoms with E-state index in [1.165, 1.54) is 35.2 Å². The van der Waals surface area contributed by atoms with Gasteiger partial charge >= 0.3 is 0 Å². The molecule has 3 rings (SSSR count). The fraction of sp³-hybridized carbons (Fsp3) is 0.333. The van der Waals surface area contributed by atoms with E-state index in [9.17, 15) is 18.0 Å². The number of nitrogens with one attached hydrogen (secondary N) is 1. The Morgan fingerprint density at radius 1 is 0.900 bits per heavy atom. The molecule has 0 aliphatic carbocycles. The van der Waals surface area contributed by atoms with Crippen molar-refractivity contribution in [1.82, 2.24) is 10.2 Å². The second-order valence-corrected chi connectivity index (χ2v) is 12.4. The molecular weight excluding hydrogens is 569 g/mol. The minimum Gasteiger partial charge on any atom is -0.352 e. The van der Waals surface area contributed by atoms with Crippen molar-refractivity contribution in [3.05, 3.63) is 94.0 Å². The molecule has 0 spiro atoms. The van der Waals surface area contributed by atoms with E-state index in [4.69, 9.17) is 23.2 Å². The van der Waals surface area contributed by atoms with Crippen LogP contribution in [-0.4, -0.2) is 43.8 Å². The molecule has 2 atom stereocenters. The molecule has 0 aliphatic heterocycles. The SMILES string of the molecule is CC[C@@H](C)NC(=O)[C@H](CC)N(Cc1cccc(C)c1)C(=O)CN(c1cccc(Cl)c1)S(=O)(=O)c1ccc(Cl)cc1. The maximum atomic E-state index is 14.1. The van der Waals surface area contributed by atoms with Gasteiger partial charge in [0.15, 0.2) is 0 Å². The predicted molar refractivity (Wildman–Crippen MR) is 161 cm³/mol. The van der Waals surface area contributed by atoms with E-state index in [1.807, 2.05) is 52.0 Å². The number of aryl methyl sites for hydroxylation is 1. The monoisotopic (exact) mass is 603 g/mol. The molecule has 0 saturated heterocycles. The highest BCUT2D eigenvalue weighted by atomic mass is 35.5. The van der Waals surface area contributed by atoms with Crippen molar-refractivity contribution in [2.45, 2.75) is 64.1 Å². The molecule has 0 unspecified atom stereocenters. The maximum absolute atomic E-state index is 14.1. The molecule has 10 heteroatoms. The first kappa shape index (κ1) is 31.5. The molecule has 214 valence electrons. The maximum Gasteiger partial charge on any atom is 0.264 e. The van der Waals surface area contributed by atoms with Crippen molar-refractivity contribution < 1.29 is 18.0 Å². The molecule has 0 aromatic heterocycles. The van der Waals surface area contributed by atoms with Gasteiger partial charge in [-0.3, -0.25) is 13.9 Å². The van der Waals surface area contributed by atoms with Crippen LogP contribution < -0.4 is 9.62 Å². The van der Waals surface area contributed by atoms with Gasteiger partial charge in [-0.15, -0.1) is 0 Å². The third-order valence-corrected chi connectivity index (χ3v) is 8.87. The van der Waals surface area contributed by atoms with E-state index in [1.54, 1.807) is 18.2 Å². The van der Waals surface area contributed by atoms with Gasteiger partial charge in [-0.05, 0) is 74.7 Å². The van der Waals surface area contributed by atoms with Crippen molar-refractivity contribution >= 4 is 50.7 Å². The highest BCUT2D eigenvalue weighted by molar-refractivity contribution is 7.92. The Kier molecular flexibility index (Phi) is 11.0. The van der Waals surface area contributed by atoms with E-state index in [2.05, 4.69) is 5.32 Å². The summed E-state index contributed by atoms with van der Waals surface area (Å²) in [7, 11) is -4.20. The Bertz CT molecular complexity index is 1430. The van der Waals surface area contributed by atoms with Gasteiger partial charge in [-0.25, -0.2) is 8.42 Å². The minimum atomic E-state index is -4.20. The smallest absolute Gasteiger partial charge is 0.264 e. The van der Waals surface area contributed by atoms with Gasteiger partial charge in [0.25, 0.3) is 10.0 Å². The number of hydrogen-bond donors (Lipinski definition) is 1. The predicted octanol–water partition coefficient (Wildman–Crippen LogP) is 6.22. The lowest BCUT2D eigenvalue weighted by Gasteiger charge is -2.33. The molecule has 0 aliphatic rings. The normalized spacial score (nSPS) is 12.8. The van der Waals surface area contributed by atoms with Crippen molar-refractivity contribution in [2.75, 3.05) is 10.8 Å². The molecule has 40 heavy (non-hydrogen) atoms. The number of halogens is 2. The molecule has 0 saturated carbocycles. The van der Waals surface area contributed by atoms with Crippen LogP contribution in [-0.2, 0) is 26.2 Å². The van der Waals surface area contributed by atoms with Crippen LogP contribution in [0.15, 0.2) is 77.7 Å². The first-order chi connectivity index (χ1) is 19.0. The second kappa shape index (κ2) is 14.0. The number of rotatable bonds is 12. The zero-order valence-electron chi connectivity index (χ0n) is 23.1. The van der Waals surface area contributed by atoms with Gasteiger partial charge in [0, 0.05) is 22.6 Å². The third-order valence-electron chi connectivity index (χ3n) is 6.60. The molecule has 2 amide bonds.